The van der Waals surface area contributed by atoms with E-state index in [-0.39, 0.29) is 17.9 Å². The third kappa shape index (κ3) is 4.48. The van der Waals surface area contributed by atoms with Crippen LogP contribution in [0.4, 0.5) is 0 Å². The highest BCUT2D eigenvalue weighted by atomic mass is 32.2. The lowest BCUT2D eigenvalue weighted by molar-refractivity contribution is -0.126. The number of nitrogens with one attached hydrogen (secondary N) is 1. The van der Waals surface area contributed by atoms with E-state index in [0.29, 0.717) is 30.8 Å². The molecule has 0 spiro atoms. The minimum absolute atomic E-state index is 0.0215. The first-order chi connectivity index (χ1) is 14.6. The van der Waals surface area contributed by atoms with E-state index in [0.717, 1.165) is 11.1 Å². The molecule has 4 rings (SSSR count). The van der Waals surface area contributed by atoms with Crippen LogP contribution in [0, 0.1) is 5.92 Å². The van der Waals surface area contributed by atoms with Crippen molar-refractivity contribution < 1.29 is 13.2 Å². The van der Waals surface area contributed by atoms with E-state index in [1.54, 1.807) is 41.7 Å². The number of amides is 1. The van der Waals surface area contributed by atoms with Gasteiger partial charge in [0.15, 0.2) is 0 Å². The number of carbonyl (C=O) groups excluding carboxylic acids is 1. The summed E-state index contributed by atoms with van der Waals surface area (Å²) < 4.78 is 27.1. The second kappa shape index (κ2) is 9.12. The molecule has 1 aliphatic rings. The summed E-state index contributed by atoms with van der Waals surface area (Å²) in [5.74, 6) is -0.219. The lowest BCUT2D eigenvalue weighted by atomic mass is 9.95. The van der Waals surface area contributed by atoms with Crippen LogP contribution in [0.2, 0.25) is 0 Å². The Morgan fingerprint density at radius 3 is 2.17 bits per heavy atom. The lowest BCUT2D eigenvalue weighted by Crippen LogP contribution is -2.43. The number of hydrogen-bond acceptors (Lipinski definition) is 4. The first-order valence-corrected chi connectivity index (χ1v) is 12.4. The van der Waals surface area contributed by atoms with E-state index < -0.39 is 10.0 Å². The molecule has 5 nitrogen and oxygen atoms in total. The van der Waals surface area contributed by atoms with Gasteiger partial charge in [-0.25, -0.2) is 8.42 Å². The molecule has 1 saturated heterocycles. The summed E-state index contributed by atoms with van der Waals surface area (Å²) in [6, 6.07) is 20.2. The van der Waals surface area contributed by atoms with Gasteiger partial charge in [0.05, 0.1) is 10.9 Å². The van der Waals surface area contributed by atoms with E-state index in [2.05, 4.69) is 5.32 Å². The maximum absolute atomic E-state index is 13.0. The number of carbonyl (C=O) groups is 1. The molecule has 0 bridgehead atoms. The number of sulfonamides is 1. The molecule has 7 heteroatoms. The fraction of sp³-hybridized carbons (Fsp3) is 0.261. The van der Waals surface area contributed by atoms with Crippen LogP contribution < -0.4 is 5.32 Å². The Labute approximate surface area is 181 Å². The van der Waals surface area contributed by atoms with Crippen LogP contribution in [0.25, 0.3) is 0 Å². The molecule has 1 aromatic heterocycles. The van der Waals surface area contributed by atoms with E-state index >= 15 is 0 Å². The van der Waals surface area contributed by atoms with Gasteiger partial charge in [-0.05, 0) is 52.9 Å². The third-order valence-electron chi connectivity index (χ3n) is 5.50. The van der Waals surface area contributed by atoms with Gasteiger partial charge in [-0.15, -0.1) is 0 Å². The zero-order valence-electron chi connectivity index (χ0n) is 16.5. The van der Waals surface area contributed by atoms with E-state index in [1.165, 1.54) is 4.31 Å². The van der Waals surface area contributed by atoms with Gasteiger partial charge in [-0.2, -0.15) is 15.6 Å². The highest BCUT2D eigenvalue weighted by Crippen LogP contribution is 2.27. The molecule has 30 heavy (non-hydrogen) atoms. The van der Waals surface area contributed by atoms with Crippen molar-refractivity contribution in [2.75, 3.05) is 13.1 Å². The molecule has 1 atom stereocenters. The Hall–Kier alpha value is -2.48. The second-order valence-electron chi connectivity index (χ2n) is 7.40. The highest BCUT2D eigenvalue weighted by molar-refractivity contribution is 7.89. The second-order valence-corrected chi connectivity index (χ2v) is 10.1. The summed E-state index contributed by atoms with van der Waals surface area (Å²) in [6.45, 7) is 0.702. The fourth-order valence-electron chi connectivity index (χ4n) is 3.80. The van der Waals surface area contributed by atoms with Gasteiger partial charge >= 0.3 is 0 Å². The first kappa shape index (κ1) is 20.8. The molecule has 1 unspecified atom stereocenters. The molecule has 156 valence electrons. The van der Waals surface area contributed by atoms with Gasteiger partial charge in [0.2, 0.25) is 15.9 Å². The third-order valence-corrected chi connectivity index (χ3v) is 8.12. The average molecular weight is 441 g/mol. The number of hydrogen-bond donors (Lipinski definition) is 1. The maximum Gasteiger partial charge on any atom is 0.243 e. The van der Waals surface area contributed by atoms with Crippen molar-refractivity contribution in [3.05, 3.63) is 88.6 Å². The number of thiophene rings is 1. The van der Waals surface area contributed by atoms with Crippen molar-refractivity contribution in [2.45, 2.75) is 23.8 Å². The molecular weight excluding hydrogens is 416 g/mol. The Morgan fingerprint density at radius 2 is 1.57 bits per heavy atom. The minimum Gasteiger partial charge on any atom is -0.345 e. The van der Waals surface area contributed by atoms with Crippen molar-refractivity contribution in [3.63, 3.8) is 0 Å². The molecule has 2 aromatic carbocycles. The van der Waals surface area contributed by atoms with Crippen molar-refractivity contribution in [3.8, 4) is 0 Å². The Bertz CT molecular complexity index is 1060. The maximum atomic E-state index is 13.0. The van der Waals surface area contributed by atoms with E-state index in [1.807, 2.05) is 47.2 Å². The number of rotatable bonds is 6. The SMILES string of the molecule is O=C(NC(c1ccccc1)c1ccsc1)C1CCN(S(=O)(=O)c2ccccc2)CC1. The van der Waals surface area contributed by atoms with Crippen LogP contribution in [-0.2, 0) is 14.8 Å². The van der Waals surface area contributed by atoms with Gasteiger partial charge in [0.25, 0.3) is 0 Å². The van der Waals surface area contributed by atoms with Gasteiger partial charge in [0, 0.05) is 19.0 Å². The van der Waals surface area contributed by atoms with Crippen LogP contribution in [0.3, 0.4) is 0 Å². The molecule has 0 saturated carbocycles. The molecule has 1 aliphatic heterocycles. The molecular formula is C23H24N2O3S2. The zero-order chi connectivity index (χ0) is 21.0. The first-order valence-electron chi connectivity index (χ1n) is 9.98. The molecule has 0 radical (unpaired) electrons. The quantitative estimate of drug-likeness (QED) is 0.629. The largest absolute Gasteiger partial charge is 0.345 e. The van der Waals surface area contributed by atoms with Crippen molar-refractivity contribution in [1.82, 2.24) is 9.62 Å². The topological polar surface area (TPSA) is 66.5 Å². The van der Waals surface area contributed by atoms with Gasteiger partial charge < -0.3 is 5.32 Å². The highest BCUT2D eigenvalue weighted by Gasteiger charge is 2.33. The number of piperidine rings is 1. The van der Waals surface area contributed by atoms with Gasteiger partial charge in [0.1, 0.15) is 0 Å². The van der Waals surface area contributed by atoms with Crippen LogP contribution in [0.5, 0.6) is 0 Å². The normalized spacial score (nSPS) is 16.8. The summed E-state index contributed by atoms with van der Waals surface area (Å²) in [6.07, 6.45) is 1.03. The van der Waals surface area contributed by atoms with Crippen molar-refractivity contribution >= 4 is 27.3 Å². The van der Waals surface area contributed by atoms with Crippen LogP contribution >= 0.6 is 11.3 Å². The lowest BCUT2D eigenvalue weighted by Gasteiger charge is -2.31. The van der Waals surface area contributed by atoms with Crippen molar-refractivity contribution in [1.29, 1.82) is 0 Å². The van der Waals surface area contributed by atoms with Gasteiger partial charge in [-0.3, -0.25) is 4.79 Å². The van der Waals surface area contributed by atoms with E-state index in [9.17, 15) is 13.2 Å². The molecule has 3 aromatic rings. The molecule has 2 heterocycles. The summed E-state index contributed by atoms with van der Waals surface area (Å²) in [7, 11) is -3.51. The zero-order valence-corrected chi connectivity index (χ0v) is 18.1. The molecule has 1 amide bonds. The predicted molar refractivity (Wildman–Crippen MR) is 119 cm³/mol. The monoisotopic (exact) mass is 440 g/mol. The van der Waals surface area contributed by atoms with E-state index in [4.69, 9.17) is 0 Å². The predicted octanol–water partition coefficient (Wildman–Crippen LogP) is 4.05. The standard InChI is InChI=1S/C23H24N2O3S2/c26-23(24-22(20-13-16-29-17-20)18-7-3-1-4-8-18)19-11-14-25(15-12-19)30(27,28)21-9-5-2-6-10-21/h1-10,13,16-17,19,22H,11-12,14-15H2,(H,24,26). The van der Waals surface area contributed by atoms with Crippen LogP contribution in [-0.4, -0.2) is 31.7 Å². The summed E-state index contributed by atoms with van der Waals surface area (Å²) in [4.78, 5) is 13.3. The number of nitrogens with zero attached hydrogens (tertiary/aromatic N) is 1. The van der Waals surface area contributed by atoms with Gasteiger partial charge in [-0.1, -0.05) is 48.5 Å². The summed E-state index contributed by atoms with van der Waals surface area (Å²) in [5.41, 5.74) is 2.09. The van der Waals surface area contributed by atoms with Crippen LogP contribution in [0.1, 0.15) is 30.0 Å². The molecule has 1 fully saturated rings. The van der Waals surface area contributed by atoms with Crippen molar-refractivity contribution in [2.24, 2.45) is 5.92 Å². The minimum atomic E-state index is -3.51. The Kier molecular flexibility index (Phi) is 6.32. The molecule has 0 aliphatic carbocycles. The summed E-state index contributed by atoms with van der Waals surface area (Å²) >= 11 is 1.60. The number of benzene rings is 2. The average Bonchev–Trinajstić information content (AvgIpc) is 3.33. The smallest absolute Gasteiger partial charge is 0.243 e. The fourth-order valence-corrected chi connectivity index (χ4v) is 5.98. The summed E-state index contributed by atoms with van der Waals surface area (Å²) in [5, 5.41) is 7.24. The molecule has 1 N–H and O–H groups in total. The Balaban J connectivity index is 1.43. The Morgan fingerprint density at radius 1 is 0.933 bits per heavy atom. The van der Waals surface area contributed by atoms with Crippen LogP contribution in [0.15, 0.2) is 82.4 Å².